The summed E-state index contributed by atoms with van der Waals surface area (Å²) in [4.78, 5) is 25.4. The second-order valence-electron chi connectivity index (χ2n) is 6.45. The highest BCUT2D eigenvalue weighted by atomic mass is 16.4. The van der Waals surface area contributed by atoms with E-state index in [4.69, 9.17) is 0 Å². The predicted molar refractivity (Wildman–Crippen MR) is 73.9 cm³/mol. The van der Waals surface area contributed by atoms with Crippen LogP contribution in [0.2, 0.25) is 0 Å². The molecular formula is C14H26N2O3. The molecule has 0 atom stereocenters. The molecule has 110 valence electrons. The van der Waals surface area contributed by atoms with Crippen molar-refractivity contribution in [1.29, 1.82) is 0 Å². The van der Waals surface area contributed by atoms with Gasteiger partial charge in [0.05, 0.1) is 5.41 Å². The maximum Gasteiger partial charge on any atom is 0.310 e. The zero-order chi connectivity index (χ0) is 14.7. The molecule has 1 rings (SSSR count). The highest BCUT2D eigenvalue weighted by Crippen LogP contribution is 2.41. The number of carboxylic acid groups (broad SMARTS) is 1. The number of hydrogen-bond acceptors (Lipinski definition) is 3. The van der Waals surface area contributed by atoms with Crippen molar-refractivity contribution in [3.8, 4) is 0 Å². The Labute approximate surface area is 115 Å². The number of carbonyl (C=O) groups is 2. The first-order valence-electron chi connectivity index (χ1n) is 6.87. The fourth-order valence-corrected chi connectivity index (χ4v) is 2.36. The van der Waals surface area contributed by atoms with Gasteiger partial charge in [-0.15, -0.1) is 0 Å². The van der Waals surface area contributed by atoms with Crippen molar-refractivity contribution in [3.05, 3.63) is 0 Å². The molecule has 1 amide bonds. The van der Waals surface area contributed by atoms with Crippen LogP contribution in [0.1, 0.15) is 46.0 Å². The van der Waals surface area contributed by atoms with Gasteiger partial charge in [-0.25, -0.2) is 0 Å². The summed E-state index contributed by atoms with van der Waals surface area (Å²) >= 11 is 0. The maximum atomic E-state index is 12.0. The van der Waals surface area contributed by atoms with Crippen molar-refractivity contribution in [2.45, 2.75) is 51.5 Å². The molecule has 0 heterocycles. The van der Waals surface area contributed by atoms with Crippen LogP contribution in [-0.2, 0) is 9.59 Å². The SMILES string of the molecule is CN(C)C(C)(C)CNC(=O)CC1(C(=O)O)CCCC1. The Hall–Kier alpha value is -1.10. The van der Waals surface area contributed by atoms with E-state index >= 15 is 0 Å². The Bertz CT molecular complexity index is 345. The third-order valence-corrected chi connectivity index (χ3v) is 4.44. The molecule has 1 aliphatic carbocycles. The van der Waals surface area contributed by atoms with Crippen LogP contribution < -0.4 is 5.32 Å². The molecule has 2 N–H and O–H groups in total. The monoisotopic (exact) mass is 270 g/mol. The van der Waals surface area contributed by atoms with Crippen molar-refractivity contribution in [1.82, 2.24) is 10.2 Å². The van der Waals surface area contributed by atoms with Gasteiger partial charge in [0.25, 0.3) is 0 Å². The minimum absolute atomic E-state index is 0.103. The number of amides is 1. The first kappa shape index (κ1) is 16.0. The van der Waals surface area contributed by atoms with Crippen LogP contribution in [0.15, 0.2) is 0 Å². The summed E-state index contributed by atoms with van der Waals surface area (Å²) < 4.78 is 0. The topological polar surface area (TPSA) is 69.6 Å². The molecule has 0 spiro atoms. The molecule has 0 unspecified atom stereocenters. The van der Waals surface area contributed by atoms with Gasteiger partial charge in [0, 0.05) is 18.5 Å². The highest BCUT2D eigenvalue weighted by Gasteiger charge is 2.43. The predicted octanol–water partition coefficient (Wildman–Crippen LogP) is 1.48. The van der Waals surface area contributed by atoms with E-state index < -0.39 is 11.4 Å². The minimum Gasteiger partial charge on any atom is -0.481 e. The zero-order valence-electron chi connectivity index (χ0n) is 12.5. The van der Waals surface area contributed by atoms with Crippen LogP contribution in [-0.4, -0.2) is 48.1 Å². The number of carboxylic acids is 1. The lowest BCUT2D eigenvalue weighted by molar-refractivity contribution is -0.151. The molecule has 5 nitrogen and oxygen atoms in total. The van der Waals surface area contributed by atoms with Gasteiger partial charge in [0.15, 0.2) is 0 Å². The smallest absolute Gasteiger partial charge is 0.310 e. The summed E-state index contributed by atoms with van der Waals surface area (Å²) in [7, 11) is 3.92. The van der Waals surface area contributed by atoms with Crippen LogP contribution in [0.4, 0.5) is 0 Å². The van der Waals surface area contributed by atoms with Gasteiger partial charge in [-0.2, -0.15) is 0 Å². The van der Waals surface area contributed by atoms with E-state index in [0.29, 0.717) is 19.4 Å². The van der Waals surface area contributed by atoms with Crippen LogP contribution in [0, 0.1) is 5.41 Å². The van der Waals surface area contributed by atoms with Crippen molar-refractivity contribution < 1.29 is 14.7 Å². The van der Waals surface area contributed by atoms with E-state index in [0.717, 1.165) is 12.8 Å². The van der Waals surface area contributed by atoms with Crippen molar-refractivity contribution in [2.75, 3.05) is 20.6 Å². The second kappa shape index (κ2) is 5.90. The molecule has 1 aliphatic rings. The van der Waals surface area contributed by atoms with Crippen molar-refractivity contribution >= 4 is 11.9 Å². The van der Waals surface area contributed by atoms with E-state index in [9.17, 15) is 14.7 Å². The van der Waals surface area contributed by atoms with Gasteiger partial charge in [0.2, 0.25) is 5.91 Å². The van der Waals surface area contributed by atoms with Gasteiger partial charge in [-0.05, 0) is 40.8 Å². The third kappa shape index (κ3) is 3.93. The minimum atomic E-state index is -0.827. The summed E-state index contributed by atoms with van der Waals surface area (Å²) in [5.41, 5.74) is -0.964. The van der Waals surface area contributed by atoms with Crippen molar-refractivity contribution in [3.63, 3.8) is 0 Å². The standard InChI is InChI=1S/C14H26N2O3/c1-13(2,16(3)4)10-15-11(17)9-14(12(18)19)7-5-6-8-14/h5-10H2,1-4H3,(H,15,17)(H,18,19). The Balaban J connectivity index is 2.53. The van der Waals surface area contributed by atoms with Gasteiger partial charge >= 0.3 is 5.97 Å². The number of carbonyl (C=O) groups excluding carboxylic acids is 1. The molecule has 0 bridgehead atoms. The Morgan fingerprint density at radius 2 is 1.79 bits per heavy atom. The largest absolute Gasteiger partial charge is 0.481 e. The first-order valence-corrected chi connectivity index (χ1v) is 6.87. The summed E-state index contributed by atoms with van der Waals surface area (Å²) in [5, 5.41) is 12.2. The number of hydrogen-bond donors (Lipinski definition) is 2. The Morgan fingerprint density at radius 3 is 2.21 bits per heavy atom. The molecule has 19 heavy (non-hydrogen) atoms. The van der Waals surface area contributed by atoms with Gasteiger partial charge in [-0.3, -0.25) is 9.59 Å². The molecule has 0 aromatic rings. The number of nitrogens with zero attached hydrogens (tertiary/aromatic N) is 1. The summed E-state index contributed by atoms with van der Waals surface area (Å²) in [6.45, 7) is 4.60. The molecule has 0 aromatic heterocycles. The molecule has 5 heteroatoms. The zero-order valence-corrected chi connectivity index (χ0v) is 12.5. The van der Waals surface area contributed by atoms with E-state index in [2.05, 4.69) is 5.32 Å². The number of likely N-dealkylation sites (N-methyl/N-ethyl adjacent to an activating group) is 1. The molecule has 0 saturated heterocycles. The lowest BCUT2D eigenvalue weighted by atomic mass is 9.82. The molecule has 1 saturated carbocycles. The lowest BCUT2D eigenvalue weighted by Gasteiger charge is -2.33. The Kier molecular flexibility index (Phi) is 4.96. The summed E-state index contributed by atoms with van der Waals surface area (Å²) in [5.74, 6) is -0.980. The van der Waals surface area contributed by atoms with Crippen LogP contribution in [0.3, 0.4) is 0 Å². The van der Waals surface area contributed by atoms with Crippen LogP contribution in [0.5, 0.6) is 0 Å². The molecule has 0 aliphatic heterocycles. The third-order valence-electron chi connectivity index (χ3n) is 4.44. The molecule has 0 aromatic carbocycles. The van der Waals surface area contributed by atoms with Crippen LogP contribution >= 0.6 is 0 Å². The quantitative estimate of drug-likeness (QED) is 0.767. The fourth-order valence-electron chi connectivity index (χ4n) is 2.36. The lowest BCUT2D eigenvalue weighted by Crippen LogP contribution is -2.49. The molecular weight excluding hydrogens is 244 g/mol. The normalized spacial score (nSPS) is 18.6. The summed E-state index contributed by atoms with van der Waals surface area (Å²) in [6.07, 6.45) is 3.15. The van der Waals surface area contributed by atoms with E-state index in [1.54, 1.807) is 0 Å². The highest BCUT2D eigenvalue weighted by molar-refractivity contribution is 5.85. The van der Waals surface area contributed by atoms with E-state index in [-0.39, 0.29) is 17.9 Å². The fraction of sp³-hybridized carbons (Fsp3) is 0.857. The second-order valence-corrected chi connectivity index (χ2v) is 6.45. The number of nitrogens with one attached hydrogen (secondary N) is 1. The van der Waals surface area contributed by atoms with Gasteiger partial charge in [-0.1, -0.05) is 12.8 Å². The first-order chi connectivity index (χ1) is 8.69. The maximum absolute atomic E-state index is 12.0. The van der Waals surface area contributed by atoms with Gasteiger partial charge in [0.1, 0.15) is 0 Å². The van der Waals surface area contributed by atoms with Gasteiger partial charge < -0.3 is 15.3 Å². The van der Waals surface area contributed by atoms with Crippen LogP contribution in [0.25, 0.3) is 0 Å². The average molecular weight is 270 g/mol. The molecule has 1 fully saturated rings. The number of aliphatic carboxylic acids is 1. The summed E-state index contributed by atoms with van der Waals surface area (Å²) in [6, 6.07) is 0. The van der Waals surface area contributed by atoms with E-state index in [1.165, 1.54) is 0 Å². The Morgan fingerprint density at radius 1 is 1.26 bits per heavy atom. The average Bonchev–Trinajstić information content (AvgIpc) is 2.76. The van der Waals surface area contributed by atoms with Crippen molar-refractivity contribution in [2.24, 2.45) is 5.41 Å². The molecule has 0 radical (unpaired) electrons. The number of rotatable bonds is 6. The van der Waals surface area contributed by atoms with E-state index in [1.807, 2.05) is 32.8 Å².